The SMILES string of the molecule is C[C@@H]1/C=C\C[C@@H]2O[C@]3(C)C[C@]4(C)O[C@@H]5CC[C@H](OCc6ccc7ccccc7c6)[C@@H](C[C@@H](C[C@@H]6C[C@@H](C)[C@@H]([C@@H](C)CCOCc7ccc8ccccc8c7)O6)OCc6ccc7ccccc7c6)O[C@H]5C[C@H]4O[C@H]3CC[C@H]2O[C@H]2C[C@H]3O[C@H]4C[C@@]5(C)O[C@H]6CCOC(C)(C)O[C@@H]6C[C@@H]5O[C@@H]4[C@@H](OCc4ccc5ccccc5c4)[C@]3(C)O[C@H]12. The highest BCUT2D eigenvalue weighted by Crippen LogP contribution is 2.55. The van der Waals surface area contributed by atoms with E-state index in [9.17, 15) is 0 Å². The van der Waals surface area contributed by atoms with Gasteiger partial charge in [0.15, 0.2) is 5.79 Å². The van der Waals surface area contributed by atoms with Crippen LogP contribution >= 0.6 is 0 Å². The van der Waals surface area contributed by atoms with Gasteiger partial charge in [0.05, 0.1) is 160 Å². The molecule has 0 N–H and O–H groups in total. The first-order chi connectivity index (χ1) is 56.2. The number of fused-ring (bicyclic) bond motifs is 13. The van der Waals surface area contributed by atoms with Crippen LogP contribution in [0.1, 0.15) is 181 Å². The molecule has 0 spiro atoms. The molecule has 11 aliphatic heterocycles. The van der Waals surface area contributed by atoms with Gasteiger partial charge in [0.2, 0.25) is 0 Å². The summed E-state index contributed by atoms with van der Waals surface area (Å²) in [7, 11) is 0. The Labute approximate surface area is 685 Å². The lowest BCUT2D eigenvalue weighted by atomic mass is 9.72. The van der Waals surface area contributed by atoms with Gasteiger partial charge in [-0.05, 0) is 201 Å². The lowest BCUT2D eigenvalue weighted by Crippen LogP contribution is -2.75. The molecule has 10 saturated heterocycles. The van der Waals surface area contributed by atoms with Gasteiger partial charge in [0.25, 0.3) is 0 Å². The Morgan fingerprint density at radius 3 is 1.68 bits per heavy atom. The predicted octanol–water partition coefficient (Wildman–Crippen LogP) is 19.3. The second-order valence-electron chi connectivity index (χ2n) is 37.9. The Kier molecular flexibility index (Phi) is 22.7. The van der Waals surface area contributed by atoms with Crippen LogP contribution in [0, 0.1) is 17.8 Å². The van der Waals surface area contributed by atoms with E-state index in [2.05, 4.69) is 230 Å². The Balaban J connectivity index is 0.558. The average Bonchev–Trinajstić information content (AvgIpc) is 0.859. The van der Waals surface area contributed by atoms with E-state index in [1.165, 1.54) is 48.7 Å². The van der Waals surface area contributed by atoms with Crippen molar-refractivity contribution in [2.24, 2.45) is 17.8 Å². The maximum atomic E-state index is 7.76. The molecule has 0 amide bonds. The van der Waals surface area contributed by atoms with Gasteiger partial charge in [0.1, 0.15) is 17.8 Å². The van der Waals surface area contributed by atoms with Crippen molar-refractivity contribution in [2.75, 3.05) is 13.2 Å². The summed E-state index contributed by atoms with van der Waals surface area (Å²) < 4.78 is 117. The zero-order valence-corrected chi connectivity index (χ0v) is 69.5. The van der Waals surface area contributed by atoms with Crippen molar-refractivity contribution < 1.29 is 75.8 Å². The zero-order chi connectivity index (χ0) is 79.1. The summed E-state index contributed by atoms with van der Waals surface area (Å²) in [6.45, 7) is 23.0. The van der Waals surface area contributed by atoms with Crippen molar-refractivity contribution >= 4 is 43.1 Å². The molecule has 0 saturated carbocycles. The topological polar surface area (TPSA) is 148 Å². The van der Waals surface area contributed by atoms with Gasteiger partial charge in [-0.25, -0.2) is 0 Å². The molecule has 116 heavy (non-hydrogen) atoms. The van der Waals surface area contributed by atoms with Crippen LogP contribution < -0.4 is 0 Å². The van der Waals surface area contributed by atoms with Gasteiger partial charge in [-0.1, -0.05) is 179 Å². The highest BCUT2D eigenvalue weighted by atomic mass is 16.7. The molecule has 27 atom stereocenters. The fourth-order valence-corrected chi connectivity index (χ4v) is 22.6. The largest absolute Gasteiger partial charge is 0.377 e. The van der Waals surface area contributed by atoms with Crippen LogP contribution in [0.4, 0.5) is 0 Å². The minimum Gasteiger partial charge on any atom is -0.377 e. The van der Waals surface area contributed by atoms with Crippen LogP contribution in [0.3, 0.4) is 0 Å². The Hall–Kier alpha value is -6.10. The first-order valence-corrected chi connectivity index (χ1v) is 44.2. The summed E-state index contributed by atoms with van der Waals surface area (Å²) in [6.07, 6.45) is 10.6. The van der Waals surface area contributed by atoms with Crippen LogP contribution in [0.5, 0.6) is 0 Å². The fourth-order valence-electron chi connectivity index (χ4n) is 22.6. The molecule has 8 aromatic rings. The van der Waals surface area contributed by atoms with Crippen molar-refractivity contribution in [3.05, 3.63) is 204 Å². The molecule has 0 aliphatic carbocycles. The molecule has 16 heteroatoms. The molecule has 11 aliphatic rings. The standard InChI is InChI=1S/C100H122O16/c1-61-19-18-28-80-79(107-86-54-91-100(9,116-93(61)86)95(104-59-67-32-36-71-23-13-17-27-75(71)49-67)94-87(109-91)55-97(6)89(111-94)53-85-82(113-97)42-44-105-96(4,5)112-85)39-40-88-98(7,114-80)60-99(8)90(110-88)52-84-81(115-99)38-37-78(103-58-66-31-35-70-22-12-16-26-74(70)48-66)83(108-84)51-76(102-57-65-30-34-69-21-11-15-25-73(69)47-65)50-77-45-63(3)92(106-77)62(2)41-43-101-56-64-29-33-68-20-10-14-24-72(68)46-64/h10-27,29-36,46-49,61-63,76-95H,28,37-45,50-60H2,1-9H3/b19-18-/t61-,62+,63-,76-,77+,78+,79-,80+,81-,82+,83-,84+,85-,86+,87+,88+,89+,90-,91-,92-,93-,94+,95-,97-,98-,99+,100-/m1/s1. The summed E-state index contributed by atoms with van der Waals surface area (Å²) in [5.74, 6) is -0.0491. The summed E-state index contributed by atoms with van der Waals surface area (Å²) in [5, 5.41) is 9.68. The molecule has 16 nitrogen and oxygen atoms in total. The molecular weight excluding hydrogens is 1460 g/mol. The molecule has 0 aromatic heterocycles. The molecule has 19 rings (SSSR count). The first-order valence-electron chi connectivity index (χ1n) is 44.2. The van der Waals surface area contributed by atoms with Crippen molar-refractivity contribution in [2.45, 2.75) is 335 Å². The molecule has 618 valence electrons. The minimum atomic E-state index is -0.913. The van der Waals surface area contributed by atoms with Crippen LogP contribution in [0.2, 0.25) is 0 Å². The Morgan fingerprint density at radius 2 is 1.01 bits per heavy atom. The van der Waals surface area contributed by atoms with Gasteiger partial charge in [-0.2, -0.15) is 0 Å². The number of ether oxygens (including phenoxy) is 16. The third-order valence-corrected chi connectivity index (χ3v) is 28.7. The molecule has 0 unspecified atom stereocenters. The van der Waals surface area contributed by atoms with E-state index in [0.29, 0.717) is 96.4 Å². The Bertz CT molecular complexity index is 4780. The van der Waals surface area contributed by atoms with Gasteiger partial charge in [-0.3, -0.25) is 0 Å². The minimum absolute atomic E-state index is 0.00355. The second kappa shape index (κ2) is 33.0. The van der Waals surface area contributed by atoms with E-state index in [0.717, 1.165) is 68.1 Å². The van der Waals surface area contributed by atoms with E-state index in [-0.39, 0.29) is 116 Å². The monoisotopic (exact) mass is 1580 g/mol. The maximum absolute atomic E-state index is 7.76. The first kappa shape index (κ1) is 79.7. The third-order valence-electron chi connectivity index (χ3n) is 28.7. The molecular formula is C100H122O16. The Morgan fingerprint density at radius 1 is 0.440 bits per heavy atom. The highest BCUT2D eigenvalue weighted by Gasteiger charge is 2.67. The number of hydrogen-bond donors (Lipinski definition) is 0. The van der Waals surface area contributed by atoms with Gasteiger partial charge < -0.3 is 75.8 Å². The van der Waals surface area contributed by atoms with Gasteiger partial charge >= 0.3 is 0 Å². The van der Waals surface area contributed by atoms with Crippen molar-refractivity contribution in [1.29, 1.82) is 0 Å². The summed E-state index contributed by atoms with van der Waals surface area (Å²) in [4.78, 5) is 0. The lowest BCUT2D eigenvalue weighted by Gasteiger charge is -2.62. The highest BCUT2D eigenvalue weighted by molar-refractivity contribution is 5.85. The third kappa shape index (κ3) is 16.6. The van der Waals surface area contributed by atoms with Crippen LogP contribution in [0.25, 0.3) is 43.1 Å². The molecule has 0 bridgehead atoms. The van der Waals surface area contributed by atoms with Crippen molar-refractivity contribution in [3.63, 3.8) is 0 Å². The van der Waals surface area contributed by atoms with E-state index >= 15 is 0 Å². The lowest BCUT2D eigenvalue weighted by molar-refractivity contribution is -0.384. The van der Waals surface area contributed by atoms with Crippen LogP contribution in [-0.2, 0) is 102 Å². The van der Waals surface area contributed by atoms with Gasteiger partial charge in [-0.15, -0.1) is 0 Å². The van der Waals surface area contributed by atoms with Gasteiger partial charge in [0, 0.05) is 51.0 Å². The molecule has 8 aromatic carbocycles. The predicted molar refractivity (Wildman–Crippen MR) is 447 cm³/mol. The second-order valence-corrected chi connectivity index (χ2v) is 37.9. The van der Waals surface area contributed by atoms with E-state index in [4.69, 9.17) is 75.8 Å². The normalized spacial score (nSPS) is 38.9. The van der Waals surface area contributed by atoms with Crippen LogP contribution in [0.15, 0.2) is 182 Å². The van der Waals surface area contributed by atoms with E-state index < -0.39 is 40.4 Å². The average molecular weight is 1580 g/mol. The number of benzene rings is 8. The summed E-state index contributed by atoms with van der Waals surface area (Å²) >= 11 is 0. The quantitative estimate of drug-likeness (QED) is 0.0558. The summed E-state index contributed by atoms with van der Waals surface area (Å²) in [6, 6.07) is 60.8. The summed E-state index contributed by atoms with van der Waals surface area (Å²) in [5.41, 5.74) is 1.66. The van der Waals surface area contributed by atoms with Crippen LogP contribution in [-0.4, -0.2) is 163 Å². The zero-order valence-electron chi connectivity index (χ0n) is 69.5. The van der Waals surface area contributed by atoms with Crippen molar-refractivity contribution in [3.8, 4) is 0 Å². The number of rotatable bonds is 19. The molecule has 10 fully saturated rings. The number of hydrogen-bond acceptors (Lipinski definition) is 16. The molecule has 0 radical (unpaired) electrons. The molecule has 11 heterocycles. The van der Waals surface area contributed by atoms with Crippen molar-refractivity contribution in [1.82, 2.24) is 0 Å². The van der Waals surface area contributed by atoms with E-state index in [1.807, 2.05) is 13.8 Å². The fraction of sp³-hybridized carbons (Fsp3) is 0.580. The maximum Gasteiger partial charge on any atom is 0.163 e. The smallest absolute Gasteiger partial charge is 0.163 e. The van der Waals surface area contributed by atoms with E-state index in [1.54, 1.807) is 0 Å².